The van der Waals surface area contributed by atoms with E-state index in [9.17, 15) is 14.4 Å². The lowest BCUT2D eigenvalue weighted by molar-refractivity contribution is -0.146. The highest BCUT2D eigenvalue weighted by atomic mass is 16.5. The van der Waals surface area contributed by atoms with Crippen LogP contribution < -0.4 is 10.6 Å². The lowest BCUT2D eigenvalue weighted by Crippen LogP contribution is -2.60. The Morgan fingerprint density at radius 2 is 2.24 bits per heavy atom. The maximum atomic E-state index is 11.8. The van der Waals surface area contributed by atoms with Gasteiger partial charge in [-0.25, -0.2) is 4.79 Å². The first-order valence-electron chi connectivity index (χ1n) is 5.48. The van der Waals surface area contributed by atoms with E-state index in [2.05, 4.69) is 15.4 Å². The molecule has 2 rings (SSSR count). The average molecular weight is 241 g/mol. The van der Waals surface area contributed by atoms with Crippen molar-refractivity contribution in [3.63, 3.8) is 0 Å². The minimum Gasteiger partial charge on any atom is -0.453 e. The van der Waals surface area contributed by atoms with Crippen LogP contribution in [0.1, 0.15) is 13.3 Å². The molecule has 94 valence electrons. The molecule has 0 saturated carbocycles. The van der Waals surface area contributed by atoms with E-state index < -0.39 is 18.2 Å². The minimum atomic E-state index is -0.546. The molecule has 2 aliphatic rings. The third kappa shape index (κ3) is 2.04. The van der Waals surface area contributed by atoms with Gasteiger partial charge in [-0.3, -0.25) is 9.59 Å². The number of nitrogens with zero attached hydrogens (tertiary/aromatic N) is 1. The summed E-state index contributed by atoms with van der Waals surface area (Å²) in [5, 5.41) is 5.22. The number of rotatable bonds is 1. The number of fused-ring (bicyclic) bond motifs is 1. The molecule has 0 aliphatic carbocycles. The van der Waals surface area contributed by atoms with Gasteiger partial charge in [-0.2, -0.15) is 0 Å². The maximum absolute atomic E-state index is 11.8. The van der Waals surface area contributed by atoms with Crippen LogP contribution in [0, 0.1) is 0 Å². The van der Waals surface area contributed by atoms with Crippen LogP contribution in [0.2, 0.25) is 0 Å². The smallest absolute Gasteiger partial charge is 0.407 e. The summed E-state index contributed by atoms with van der Waals surface area (Å²) in [6.45, 7) is 2.01. The van der Waals surface area contributed by atoms with Gasteiger partial charge in [-0.1, -0.05) is 0 Å². The molecule has 7 nitrogen and oxygen atoms in total. The van der Waals surface area contributed by atoms with Gasteiger partial charge in [0, 0.05) is 6.54 Å². The van der Waals surface area contributed by atoms with E-state index in [4.69, 9.17) is 0 Å². The number of hydrogen-bond donors (Lipinski definition) is 2. The van der Waals surface area contributed by atoms with Gasteiger partial charge >= 0.3 is 6.09 Å². The summed E-state index contributed by atoms with van der Waals surface area (Å²) in [4.78, 5) is 36.1. The van der Waals surface area contributed by atoms with Crippen LogP contribution in [-0.2, 0) is 14.3 Å². The Kier molecular flexibility index (Phi) is 2.91. The van der Waals surface area contributed by atoms with Crippen molar-refractivity contribution in [3.05, 3.63) is 0 Å². The fourth-order valence-electron chi connectivity index (χ4n) is 2.28. The second kappa shape index (κ2) is 4.23. The highest BCUT2D eigenvalue weighted by Crippen LogP contribution is 2.22. The zero-order valence-corrected chi connectivity index (χ0v) is 9.73. The third-order valence-electron chi connectivity index (χ3n) is 3.12. The SMILES string of the molecule is COC(=O)N[C@H]1C[C@H]2C(=O)N[C@H](C)C(=O)N2C1. The number of carbonyl (C=O) groups excluding carboxylic acids is 3. The number of piperazine rings is 1. The number of amides is 3. The standard InChI is InChI=1S/C10H15N3O4/c1-5-9(15)13-4-6(12-10(16)17-2)3-7(13)8(14)11-5/h5-7H,3-4H2,1-2H3,(H,11,14)(H,12,16)/t5-,6+,7+/m1/s1. The van der Waals surface area contributed by atoms with E-state index in [0.717, 1.165) is 0 Å². The van der Waals surface area contributed by atoms with Crippen LogP contribution in [0.4, 0.5) is 4.79 Å². The Morgan fingerprint density at radius 3 is 2.88 bits per heavy atom. The van der Waals surface area contributed by atoms with E-state index in [1.807, 2.05) is 0 Å². The van der Waals surface area contributed by atoms with Gasteiger partial charge in [0.15, 0.2) is 0 Å². The molecule has 7 heteroatoms. The van der Waals surface area contributed by atoms with Gasteiger partial charge in [0.05, 0.1) is 13.2 Å². The Bertz CT molecular complexity index is 371. The first kappa shape index (κ1) is 11.7. The molecule has 0 spiro atoms. The molecule has 0 bridgehead atoms. The van der Waals surface area contributed by atoms with Crippen LogP contribution >= 0.6 is 0 Å². The molecule has 2 fully saturated rings. The van der Waals surface area contributed by atoms with E-state index >= 15 is 0 Å². The molecule has 0 aromatic rings. The fourth-order valence-corrected chi connectivity index (χ4v) is 2.28. The monoisotopic (exact) mass is 241 g/mol. The largest absolute Gasteiger partial charge is 0.453 e. The summed E-state index contributed by atoms with van der Waals surface area (Å²) in [5.74, 6) is -0.268. The molecule has 3 amide bonds. The summed E-state index contributed by atoms with van der Waals surface area (Å²) < 4.78 is 4.49. The zero-order valence-electron chi connectivity index (χ0n) is 9.73. The van der Waals surface area contributed by atoms with E-state index in [1.54, 1.807) is 6.92 Å². The number of hydrogen-bond acceptors (Lipinski definition) is 4. The van der Waals surface area contributed by atoms with Crippen LogP contribution in [-0.4, -0.2) is 54.6 Å². The Balaban J connectivity index is 2.05. The second-order valence-corrected chi connectivity index (χ2v) is 4.31. The number of nitrogens with one attached hydrogen (secondary N) is 2. The van der Waals surface area contributed by atoms with Crippen LogP contribution in [0.25, 0.3) is 0 Å². The van der Waals surface area contributed by atoms with Crippen molar-refractivity contribution in [3.8, 4) is 0 Å². The normalized spacial score (nSPS) is 31.9. The highest BCUT2D eigenvalue weighted by Gasteiger charge is 2.45. The minimum absolute atomic E-state index is 0.108. The summed E-state index contributed by atoms with van der Waals surface area (Å²) in [6, 6.07) is -1.19. The van der Waals surface area contributed by atoms with Crippen molar-refractivity contribution in [2.24, 2.45) is 0 Å². The lowest BCUT2D eigenvalue weighted by atomic mass is 10.1. The molecule has 0 radical (unpaired) electrons. The number of ether oxygens (including phenoxy) is 1. The summed E-state index contributed by atoms with van der Waals surface area (Å²) >= 11 is 0. The molecule has 2 aliphatic heterocycles. The van der Waals surface area contributed by atoms with Gasteiger partial charge in [0.2, 0.25) is 11.8 Å². The lowest BCUT2D eigenvalue weighted by Gasteiger charge is -2.32. The zero-order chi connectivity index (χ0) is 12.6. The number of alkyl carbamates (subject to hydrolysis) is 1. The Hall–Kier alpha value is -1.79. The van der Waals surface area contributed by atoms with Crippen molar-refractivity contribution in [1.82, 2.24) is 15.5 Å². The molecule has 2 heterocycles. The number of methoxy groups -OCH3 is 1. The predicted molar refractivity (Wildman–Crippen MR) is 57.1 cm³/mol. The van der Waals surface area contributed by atoms with Crippen molar-refractivity contribution >= 4 is 17.9 Å². The average Bonchev–Trinajstić information content (AvgIpc) is 2.70. The first-order chi connectivity index (χ1) is 8.02. The van der Waals surface area contributed by atoms with Crippen LogP contribution in [0.5, 0.6) is 0 Å². The molecular formula is C10H15N3O4. The van der Waals surface area contributed by atoms with E-state index in [-0.39, 0.29) is 17.9 Å². The predicted octanol–water partition coefficient (Wildman–Crippen LogP) is -1.17. The molecule has 0 aromatic carbocycles. The van der Waals surface area contributed by atoms with Crippen molar-refractivity contribution < 1.29 is 19.1 Å². The van der Waals surface area contributed by atoms with Gasteiger partial charge in [-0.15, -0.1) is 0 Å². The number of carbonyl (C=O) groups is 3. The quantitative estimate of drug-likeness (QED) is 0.605. The van der Waals surface area contributed by atoms with Crippen LogP contribution in [0.15, 0.2) is 0 Å². The summed E-state index contributed by atoms with van der Waals surface area (Å²) in [7, 11) is 1.28. The second-order valence-electron chi connectivity index (χ2n) is 4.31. The first-order valence-corrected chi connectivity index (χ1v) is 5.48. The molecule has 17 heavy (non-hydrogen) atoms. The molecular weight excluding hydrogens is 226 g/mol. The topological polar surface area (TPSA) is 87.7 Å². The van der Waals surface area contributed by atoms with Crippen LogP contribution in [0.3, 0.4) is 0 Å². The Morgan fingerprint density at radius 1 is 1.53 bits per heavy atom. The maximum Gasteiger partial charge on any atom is 0.407 e. The molecule has 2 saturated heterocycles. The van der Waals surface area contributed by atoms with Crippen molar-refractivity contribution in [2.75, 3.05) is 13.7 Å². The summed E-state index contributed by atoms with van der Waals surface area (Å²) in [5.41, 5.74) is 0. The molecule has 2 N–H and O–H groups in total. The van der Waals surface area contributed by atoms with Gasteiger partial charge in [0.1, 0.15) is 12.1 Å². The molecule has 0 aromatic heterocycles. The van der Waals surface area contributed by atoms with Gasteiger partial charge in [0.25, 0.3) is 0 Å². The molecule has 0 unspecified atom stereocenters. The van der Waals surface area contributed by atoms with E-state index in [1.165, 1.54) is 12.0 Å². The van der Waals surface area contributed by atoms with Crippen molar-refractivity contribution in [1.29, 1.82) is 0 Å². The molecule has 3 atom stereocenters. The van der Waals surface area contributed by atoms with Gasteiger partial charge in [-0.05, 0) is 13.3 Å². The van der Waals surface area contributed by atoms with E-state index in [0.29, 0.717) is 13.0 Å². The summed E-state index contributed by atoms with van der Waals surface area (Å²) in [6.07, 6.45) is -0.116. The van der Waals surface area contributed by atoms with Crippen molar-refractivity contribution in [2.45, 2.75) is 31.5 Å². The third-order valence-corrected chi connectivity index (χ3v) is 3.12. The Labute approximate surface area is 98.5 Å². The fraction of sp³-hybridized carbons (Fsp3) is 0.700. The van der Waals surface area contributed by atoms with Gasteiger partial charge < -0.3 is 20.3 Å². The highest BCUT2D eigenvalue weighted by molar-refractivity contribution is 5.97.